The fraction of sp³-hybridized carbons (Fsp3) is 0.613. The second kappa shape index (κ2) is 8.76. The molecule has 0 bridgehead atoms. The van der Waals surface area contributed by atoms with Gasteiger partial charge in [-0.3, -0.25) is 0 Å². The number of benzene rings is 2. The Morgan fingerprint density at radius 3 is 1.35 bits per heavy atom. The van der Waals surface area contributed by atoms with Crippen LogP contribution in [0, 0.1) is 0 Å². The summed E-state index contributed by atoms with van der Waals surface area (Å²) >= 11 is 0. The van der Waals surface area contributed by atoms with E-state index >= 15 is 0 Å². The van der Waals surface area contributed by atoms with Gasteiger partial charge >= 0.3 is 0 Å². The summed E-state index contributed by atoms with van der Waals surface area (Å²) < 4.78 is 0. The van der Waals surface area contributed by atoms with Gasteiger partial charge in [0.2, 0.25) is 0 Å². The van der Waals surface area contributed by atoms with Gasteiger partial charge < -0.3 is 0 Å². The Morgan fingerprint density at radius 1 is 0.484 bits per heavy atom. The highest BCUT2D eigenvalue weighted by Crippen LogP contribution is 2.39. The molecule has 0 nitrogen and oxygen atoms in total. The van der Waals surface area contributed by atoms with E-state index in [0.29, 0.717) is 0 Å². The molecule has 2 aromatic rings. The maximum absolute atomic E-state index is 2.55. The summed E-state index contributed by atoms with van der Waals surface area (Å²) in [7, 11) is 0. The van der Waals surface area contributed by atoms with Crippen LogP contribution < -0.4 is 0 Å². The van der Waals surface area contributed by atoms with Crippen molar-refractivity contribution in [2.75, 3.05) is 0 Å². The molecule has 2 aromatic carbocycles. The summed E-state index contributed by atoms with van der Waals surface area (Å²) in [6.07, 6.45) is 3.47. The minimum atomic E-state index is 0.149. The Bertz CT molecular complexity index is 866. The molecule has 31 heavy (non-hydrogen) atoms. The molecule has 0 spiro atoms. The van der Waals surface area contributed by atoms with Crippen molar-refractivity contribution in [3.05, 3.63) is 69.8 Å². The summed E-state index contributed by atoms with van der Waals surface area (Å²) in [5.74, 6) is 0. The zero-order chi connectivity index (χ0) is 23.8. The molecule has 0 heteroatoms. The van der Waals surface area contributed by atoms with Crippen LogP contribution in [0.2, 0.25) is 0 Å². The van der Waals surface area contributed by atoms with Crippen LogP contribution in [0.25, 0.3) is 0 Å². The van der Waals surface area contributed by atoms with Gasteiger partial charge in [0.1, 0.15) is 0 Å². The van der Waals surface area contributed by atoms with E-state index < -0.39 is 0 Å². The van der Waals surface area contributed by atoms with Gasteiger partial charge in [-0.2, -0.15) is 0 Å². The molecule has 0 unspecified atom stereocenters. The maximum Gasteiger partial charge on any atom is -0.0129 e. The second-order valence-electron chi connectivity index (χ2n) is 13.6. The zero-order valence-electron chi connectivity index (χ0n) is 22.6. The fourth-order valence-electron chi connectivity index (χ4n) is 4.44. The minimum Gasteiger partial charge on any atom is -0.0588 e. The Morgan fingerprint density at radius 2 is 0.935 bits per heavy atom. The number of hydrogen-bond donors (Lipinski definition) is 0. The monoisotopic (exact) mass is 420 g/mol. The SMILES string of the molecule is CC(C)(C)c1ccc(CCCc2cc(C(C)(C)C)c(C(C)(C)C)cc2C(C)(C)C)cc1. The van der Waals surface area contributed by atoms with Crippen LogP contribution in [-0.4, -0.2) is 0 Å². The molecule has 0 fully saturated rings. The van der Waals surface area contributed by atoms with Crippen molar-refractivity contribution in [2.45, 2.75) is 124 Å². The molecule has 2 rings (SSSR count). The number of aryl methyl sites for hydroxylation is 2. The predicted molar refractivity (Wildman–Crippen MR) is 140 cm³/mol. The van der Waals surface area contributed by atoms with E-state index in [-0.39, 0.29) is 21.7 Å². The smallest absolute Gasteiger partial charge is 0.0129 e. The summed E-state index contributed by atoms with van der Waals surface area (Å²) in [4.78, 5) is 0. The van der Waals surface area contributed by atoms with Gasteiger partial charge in [0.05, 0.1) is 0 Å². The highest BCUT2D eigenvalue weighted by Gasteiger charge is 2.29. The standard InChI is InChI=1S/C31H48/c1-28(2,3)24-18-16-22(17-19-24)14-13-15-23-20-26(30(7,8)9)27(31(10,11)12)21-25(23)29(4,5)6/h16-21H,13-15H2,1-12H3. The molecule has 172 valence electrons. The van der Waals surface area contributed by atoms with Crippen molar-refractivity contribution in [3.63, 3.8) is 0 Å². The molecule has 0 radical (unpaired) electrons. The Hall–Kier alpha value is -1.56. The van der Waals surface area contributed by atoms with E-state index in [2.05, 4.69) is 119 Å². The Kier molecular flexibility index (Phi) is 7.26. The van der Waals surface area contributed by atoms with E-state index in [1.165, 1.54) is 39.8 Å². The summed E-state index contributed by atoms with van der Waals surface area (Å²) in [6.45, 7) is 28.1. The topological polar surface area (TPSA) is 0 Å². The lowest BCUT2D eigenvalue weighted by molar-refractivity contribution is 0.519. The fourth-order valence-corrected chi connectivity index (χ4v) is 4.44. The molecule has 0 N–H and O–H groups in total. The quantitative estimate of drug-likeness (QED) is 0.462. The number of rotatable bonds is 4. The molecular formula is C31H48. The van der Waals surface area contributed by atoms with Crippen LogP contribution >= 0.6 is 0 Å². The first-order valence-corrected chi connectivity index (χ1v) is 12.2. The number of hydrogen-bond acceptors (Lipinski definition) is 0. The predicted octanol–water partition coefficient (Wildman–Crippen LogP) is 9.05. The van der Waals surface area contributed by atoms with Gasteiger partial charge in [-0.15, -0.1) is 0 Å². The first-order valence-electron chi connectivity index (χ1n) is 12.2. The Labute approximate surface area is 193 Å². The Balaban J connectivity index is 2.34. The van der Waals surface area contributed by atoms with Crippen LogP contribution in [0.15, 0.2) is 36.4 Å². The summed E-state index contributed by atoms with van der Waals surface area (Å²) in [5, 5.41) is 0. The maximum atomic E-state index is 2.55. The molecule has 0 saturated heterocycles. The highest BCUT2D eigenvalue weighted by molar-refractivity contribution is 5.47. The van der Waals surface area contributed by atoms with E-state index in [1.807, 2.05) is 0 Å². The molecule has 0 aliphatic heterocycles. The van der Waals surface area contributed by atoms with E-state index in [0.717, 1.165) is 12.8 Å². The molecular weight excluding hydrogens is 372 g/mol. The molecule has 0 aliphatic rings. The first kappa shape index (κ1) is 25.7. The highest BCUT2D eigenvalue weighted by atomic mass is 14.3. The van der Waals surface area contributed by atoms with Crippen molar-refractivity contribution in [3.8, 4) is 0 Å². The van der Waals surface area contributed by atoms with Gasteiger partial charge in [-0.1, -0.05) is 119 Å². The van der Waals surface area contributed by atoms with Crippen LogP contribution in [-0.2, 0) is 34.5 Å². The van der Waals surface area contributed by atoms with Gasteiger partial charge in [0, 0.05) is 0 Å². The molecule has 0 aromatic heterocycles. The van der Waals surface area contributed by atoms with Crippen molar-refractivity contribution in [1.82, 2.24) is 0 Å². The molecule has 0 aliphatic carbocycles. The largest absolute Gasteiger partial charge is 0.0588 e. The zero-order valence-corrected chi connectivity index (χ0v) is 22.6. The van der Waals surface area contributed by atoms with Crippen LogP contribution in [0.3, 0.4) is 0 Å². The van der Waals surface area contributed by atoms with Crippen molar-refractivity contribution >= 4 is 0 Å². The third-order valence-corrected chi connectivity index (χ3v) is 6.40. The van der Waals surface area contributed by atoms with Gasteiger partial charge in [-0.05, 0) is 74.3 Å². The van der Waals surface area contributed by atoms with Gasteiger partial charge in [0.15, 0.2) is 0 Å². The molecule has 0 atom stereocenters. The van der Waals surface area contributed by atoms with Crippen LogP contribution in [0.4, 0.5) is 0 Å². The first-order chi connectivity index (χ1) is 13.9. The van der Waals surface area contributed by atoms with Crippen LogP contribution in [0.1, 0.15) is 123 Å². The van der Waals surface area contributed by atoms with Crippen molar-refractivity contribution < 1.29 is 0 Å². The lowest BCUT2D eigenvalue weighted by Crippen LogP contribution is -2.25. The lowest BCUT2D eigenvalue weighted by Gasteiger charge is -2.34. The average molecular weight is 421 g/mol. The third-order valence-electron chi connectivity index (χ3n) is 6.40. The minimum absolute atomic E-state index is 0.149. The van der Waals surface area contributed by atoms with Crippen molar-refractivity contribution in [2.24, 2.45) is 0 Å². The average Bonchev–Trinajstić information content (AvgIpc) is 2.58. The second-order valence-corrected chi connectivity index (χ2v) is 13.6. The van der Waals surface area contributed by atoms with E-state index in [1.54, 1.807) is 0 Å². The summed E-state index contributed by atoms with van der Waals surface area (Å²) in [6, 6.07) is 14.4. The van der Waals surface area contributed by atoms with Gasteiger partial charge in [-0.25, -0.2) is 0 Å². The lowest BCUT2D eigenvalue weighted by atomic mass is 9.70. The van der Waals surface area contributed by atoms with Gasteiger partial charge in [0.25, 0.3) is 0 Å². The molecule has 0 saturated carbocycles. The molecule has 0 amide bonds. The van der Waals surface area contributed by atoms with E-state index in [4.69, 9.17) is 0 Å². The van der Waals surface area contributed by atoms with E-state index in [9.17, 15) is 0 Å². The van der Waals surface area contributed by atoms with Crippen LogP contribution in [0.5, 0.6) is 0 Å². The summed E-state index contributed by atoms with van der Waals surface area (Å²) in [5.41, 5.74) is 9.62. The van der Waals surface area contributed by atoms with Crippen molar-refractivity contribution in [1.29, 1.82) is 0 Å². The molecule has 0 heterocycles. The normalized spacial score (nSPS) is 13.5. The third kappa shape index (κ3) is 6.71.